The molecule has 0 radical (unpaired) electrons. The summed E-state index contributed by atoms with van der Waals surface area (Å²) in [6.45, 7) is 2.46. The van der Waals surface area contributed by atoms with Crippen molar-refractivity contribution in [3.8, 4) is 0 Å². The first kappa shape index (κ1) is 12.8. The van der Waals surface area contributed by atoms with Crippen molar-refractivity contribution in [2.24, 2.45) is 0 Å². The van der Waals surface area contributed by atoms with E-state index in [1.165, 1.54) is 0 Å². The Balaban J connectivity index is 2.11. The van der Waals surface area contributed by atoms with E-state index in [1.54, 1.807) is 4.90 Å². The van der Waals surface area contributed by atoms with Gasteiger partial charge >= 0.3 is 6.18 Å². The predicted octanol–water partition coefficient (Wildman–Crippen LogP) is 1.15. The van der Waals surface area contributed by atoms with Crippen molar-refractivity contribution >= 4 is 5.91 Å². The van der Waals surface area contributed by atoms with E-state index in [0.717, 1.165) is 12.1 Å². The number of nitrogens with one attached hydrogen (secondary N) is 1. The predicted molar refractivity (Wildman–Crippen MR) is 58.0 cm³/mol. The lowest BCUT2D eigenvalue weighted by molar-refractivity contribution is -0.137. The van der Waals surface area contributed by atoms with Gasteiger partial charge in [-0.05, 0) is 12.1 Å². The van der Waals surface area contributed by atoms with Crippen molar-refractivity contribution < 1.29 is 18.0 Å². The number of rotatable bonds is 1. The Kier molecular flexibility index (Phi) is 3.51. The smallest absolute Gasteiger partial charge is 0.335 e. The highest BCUT2D eigenvalue weighted by Gasteiger charge is 2.31. The van der Waals surface area contributed by atoms with E-state index in [9.17, 15) is 18.0 Å². The standard InChI is InChI=1S/C11H12F3N3O/c12-11(13,14)8-1-2-9(16-7-8)10(18)17-5-3-15-4-6-17/h1-2,7,15H,3-6H2. The molecule has 1 aromatic heterocycles. The largest absolute Gasteiger partial charge is 0.417 e. The Labute approximate surface area is 102 Å². The molecule has 1 aliphatic rings. The minimum absolute atomic E-state index is 0.0462. The fraction of sp³-hybridized carbons (Fsp3) is 0.455. The Morgan fingerprint density at radius 2 is 1.94 bits per heavy atom. The van der Waals surface area contributed by atoms with E-state index < -0.39 is 11.7 Å². The van der Waals surface area contributed by atoms with Crippen molar-refractivity contribution in [1.29, 1.82) is 0 Å². The van der Waals surface area contributed by atoms with Gasteiger partial charge < -0.3 is 10.2 Å². The summed E-state index contributed by atoms with van der Waals surface area (Å²) in [5.41, 5.74) is -0.802. The average molecular weight is 259 g/mol. The van der Waals surface area contributed by atoms with Crippen molar-refractivity contribution in [2.75, 3.05) is 26.2 Å². The Morgan fingerprint density at radius 1 is 1.28 bits per heavy atom. The zero-order chi connectivity index (χ0) is 13.2. The van der Waals surface area contributed by atoms with E-state index in [0.29, 0.717) is 32.4 Å². The van der Waals surface area contributed by atoms with E-state index in [1.807, 2.05) is 0 Å². The first-order valence-corrected chi connectivity index (χ1v) is 5.52. The molecule has 1 saturated heterocycles. The topological polar surface area (TPSA) is 45.2 Å². The fourth-order valence-corrected chi connectivity index (χ4v) is 1.72. The normalized spacial score (nSPS) is 16.7. The summed E-state index contributed by atoms with van der Waals surface area (Å²) in [5, 5.41) is 3.09. The molecule has 0 aromatic carbocycles. The summed E-state index contributed by atoms with van der Waals surface area (Å²) in [7, 11) is 0. The molecule has 1 aromatic rings. The van der Waals surface area contributed by atoms with Crippen LogP contribution in [0.25, 0.3) is 0 Å². The number of hydrogen-bond acceptors (Lipinski definition) is 3. The number of halogens is 3. The Morgan fingerprint density at radius 3 is 2.44 bits per heavy atom. The van der Waals surface area contributed by atoms with Crippen LogP contribution in [-0.2, 0) is 6.18 Å². The van der Waals surface area contributed by atoms with Crippen LogP contribution in [0.15, 0.2) is 18.3 Å². The lowest BCUT2D eigenvalue weighted by Gasteiger charge is -2.27. The van der Waals surface area contributed by atoms with Crippen LogP contribution in [-0.4, -0.2) is 42.0 Å². The zero-order valence-electron chi connectivity index (χ0n) is 9.50. The van der Waals surface area contributed by atoms with Gasteiger partial charge in [0.2, 0.25) is 0 Å². The lowest BCUT2D eigenvalue weighted by atomic mass is 10.2. The van der Waals surface area contributed by atoms with Gasteiger partial charge in [0.25, 0.3) is 5.91 Å². The number of carbonyl (C=O) groups is 1. The molecule has 0 saturated carbocycles. The maximum absolute atomic E-state index is 12.3. The second kappa shape index (κ2) is 4.93. The number of alkyl halides is 3. The molecule has 4 nitrogen and oxygen atoms in total. The molecule has 7 heteroatoms. The lowest BCUT2D eigenvalue weighted by Crippen LogP contribution is -2.46. The van der Waals surface area contributed by atoms with E-state index in [2.05, 4.69) is 10.3 Å². The number of piperazine rings is 1. The molecule has 2 rings (SSSR count). The summed E-state index contributed by atoms with van der Waals surface area (Å²) in [5.74, 6) is -0.328. The fourth-order valence-electron chi connectivity index (χ4n) is 1.72. The quantitative estimate of drug-likeness (QED) is 0.822. The van der Waals surface area contributed by atoms with Gasteiger partial charge in [0, 0.05) is 32.4 Å². The van der Waals surface area contributed by atoms with Crippen LogP contribution >= 0.6 is 0 Å². The third kappa shape index (κ3) is 2.79. The monoisotopic (exact) mass is 259 g/mol. The second-order valence-corrected chi connectivity index (χ2v) is 3.97. The van der Waals surface area contributed by atoms with Crippen LogP contribution in [0.2, 0.25) is 0 Å². The summed E-state index contributed by atoms with van der Waals surface area (Å²) >= 11 is 0. The molecule has 1 amide bonds. The van der Waals surface area contributed by atoms with E-state index >= 15 is 0 Å². The molecule has 0 bridgehead atoms. The summed E-state index contributed by atoms with van der Waals surface area (Å²) in [4.78, 5) is 17.1. The van der Waals surface area contributed by atoms with Gasteiger partial charge in [-0.1, -0.05) is 0 Å². The summed E-state index contributed by atoms with van der Waals surface area (Å²) < 4.78 is 37.0. The van der Waals surface area contributed by atoms with Crippen molar-refractivity contribution in [3.05, 3.63) is 29.6 Å². The molecule has 1 fully saturated rings. The molecule has 2 heterocycles. The SMILES string of the molecule is O=C(c1ccc(C(F)(F)F)cn1)N1CCNCC1. The zero-order valence-corrected chi connectivity index (χ0v) is 9.50. The maximum atomic E-state index is 12.3. The number of amides is 1. The minimum Gasteiger partial charge on any atom is -0.335 e. The molecule has 18 heavy (non-hydrogen) atoms. The molecular weight excluding hydrogens is 247 g/mol. The third-order valence-electron chi connectivity index (χ3n) is 2.71. The summed E-state index contributed by atoms with van der Waals surface area (Å²) in [6.07, 6.45) is -3.74. The minimum atomic E-state index is -4.43. The highest BCUT2D eigenvalue weighted by molar-refractivity contribution is 5.92. The van der Waals surface area contributed by atoms with Crippen LogP contribution in [0.3, 0.4) is 0 Å². The van der Waals surface area contributed by atoms with Gasteiger partial charge in [-0.3, -0.25) is 9.78 Å². The van der Waals surface area contributed by atoms with Crippen molar-refractivity contribution in [2.45, 2.75) is 6.18 Å². The van der Waals surface area contributed by atoms with Crippen LogP contribution in [0.5, 0.6) is 0 Å². The Bertz CT molecular complexity index is 424. The number of nitrogens with zero attached hydrogens (tertiary/aromatic N) is 2. The average Bonchev–Trinajstić information content (AvgIpc) is 2.38. The summed E-state index contributed by atoms with van der Waals surface area (Å²) in [6, 6.07) is 2.00. The van der Waals surface area contributed by atoms with Crippen molar-refractivity contribution in [1.82, 2.24) is 15.2 Å². The molecule has 0 unspecified atom stereocenters. The van der Waals surface area contributed by atoms with Gasteiger partial charge in [-0.2, -0.15) is 13.2 Å². The number of aromatic nitrogens is 1. The third-order valence-corrected chi connectivity index (χ3v) is 2.71. The van der Waals surface area contributed by atoms with Gasteiger partial charge in [0.15, 0.2) is 0 Å². The number of hydrogen-bond donors (Lipinski definition) is 1. The van der Waals surface area contributed by atoms with Crippen LogP contribution in [0.4, 0.5) is 13.2 Å². The molecule has 98 valence electrons. The highest BCUT2D eigenvalue weighted by Crippen LogP contribution is 2.28. The second-order valence-electron chi connectivity index (χ2n) is 3.97. The molecule has 0 spiro atoms. The molecule has 1 aliphatic heterocycles. The van der Waals surface area contributed by atoms with E-state index in [-0.39, 0.29) is 11.6 Å². The van der Waals surface area contributed by atoms with Gasteiger partial charge in [0.05, 0.1) is 5.56 Å². The van der Waals surface area contributed by atoms with Gasteiger partial charge in [0.1, 0.15) is 5.69 Å². The molecule has 1 N–H and O–H groups in total. The van der Waals surface area contributed by atoms with Crippen LogP contribution < -0.4 is 5.32 Å². The van der Waals surface area contributed by atoms with Crippen LogP contribution in [0.1, 0.15) is 16.1 Å². The highest BCUT2D eigenvalue weighted by atomic mass is 19.4. The first-order chi connectivity index (χ1) is 8.48. The van der Waals surface area contributed by atoms with Gasteiger partial charge in [-0.15, -0.1) is 0 Å². The molecular formula is C11H12F3N3O. The number of pyridine rings is 1. The van der Waals surface area contributed by atoms with E-state index in [4.69, 9.17) is 0 Å². The number of carbonyl (C=O) groups excluding carboxylic acids is 1. The first-order valence-electron chi connectivity index (χ1n) is 5.52. The van der Waals surface area contributed by atoms with Crippen LogP contribution in [0, 0.1) is 0 Å². The Hall–Kier alpha value is -1.63. The molecule has 0 atom stereocenters. The maximum Gasteiger partial charge on any atom is 0.417 e. The molecule has 0 aliphatic carbocycles. The van der Waals surface area contributed by atoms with Gasteiger partial charge in [-0.25, -0.2) is 0 Å². The van der Waals surface area contributed by atoms with Crippen molar-refractivity contribution in [3.63, 3.8) is 0 Å².